The van der Waals surface area contributed by atoms with Gasteiger partial charge in [0.25, 0.3) is 0 Å². The lowest BCUT2D eigenvalue weighted by Gasteiger charge is -2.30. The molecule has 0 unspecified atom stereocenters. The topological polar surface area (TPSA) is 113 Å². The van der Waals surface area contributed by atoms with E-state index in [9.17, 15) is 4.79 Å². The van der Waals surface area contributed by atoms with Gasteiger partial charge < -0.3 is 40.0 Å². The lowest BCUT2D eigenvalue weighted by Crippen LogP contribution is -2.38. The molecule has 3 N–H and O–H groups in total. The number of carbonyl (C=O) groups is 1. The molecule has 2 aliphatic heterocycles. The molecule has 2 amide bonds. The van der Waals surface area contributed by atoms with E-state index < -0.39 is 0 Å². The minimum atomic E-state index is -0.159. The number of hydrogen-bond donors (Lipinski definition) is 3. The average molecular weight is 616 g/mol. The fourth-order valence-corrected chi connectivity index (χ4v) is 5.48. The number of ether oxygens (including phenoxy) is 3. The van der Waals surface area contributed by atoms with Crippen molar-refractivity contribution in [2.24, 2.45) is 0 Å². The summed E-state index contributed by atoms with van der Waals surface area (Å²) in [5.41, 5.74) is 5.47. The Morgan fingerprint density at radius 2 is 1.66 bits per heavy atom. The first-order valence-corrected chi connectivity index (χ1v) is 14.8. The number of carbonyl (C=O) groups excluding carboxylic acids is 1. The number of rotatable bonds is 8. The number of amides is 2. The Hall–Kier alpha value is -4.74. The van der Waals surface area contributed by atoms with Gasteiger partial charge in [0.1, 0.15) is 16.5 Å². The summed E-state index contributed by atoms with van der Waals surface area (Å²) in [6.07, 6.45) is 2.36. The summed E-state index contributed by atoms with van der Waals surface area (Å²) in [7, 11) is 3.22. The van der Waals surface area contributed by atoms with Gasteiger partial charge in [0.15, 0.2) is 5.82 Å². The highest BCUT2D eigenvalue weighted by Crippen LogP contribution is 2.35. The van der Waals surface area contributed by atoms with Gasteiger partial charge in [0.05, 0.1) is 45.0 Å². The summed E-state index contributed by atoms with van der Waals surface area (Å²) < 4.78 is 16.8. The maximum absolute atomic E-state index is 13.0. The SMILES string of the molecule is COc1cc(NC(=O)N2CCc3ccccc3C2)ccc1Nc1ncc(Cl)c(Nc2ccc(N3CCOCC3)c(OC)c2)n1. The average Bonchev–Trinajstić information content (AvgIpc) is 3.07. The maximum Gasteiger partial charge on any atom is 0.322 e. The predicted octanol–water partition coefficient (Wildman–Crippen LogP) is 6.06. The number of benzene rings is 3. The molecule has 0 bridgehead atoms. The molecule has 6 rings (SSSR count). The van der Waals surface area contributed by atoms with Gasteiger partial charge in [-0.1, -0.05) is 35.9 Å². The van der Waals surface area contributed by atoms with Gasteiger partial charge in [0, 0.05) is 49.7 Å². The first kappa shape index (κ1) is 29.3. The van der Waals surface area contributed by atoms with Gasteiger partial charge in [-0.05, 0) is 41.8 Å². The Kier molecular flexibility index (Phi) is 8.85. The van der Waals surface area contributed by atoms with Gasteiger partial charge in [-0.15, -0.1) is 0 Å². The Morgan fingerprint density at radius 3 is 2.45 bits per heavy atom. The number of morpholine rings is 1. The highest BCUT2D eigenvalue weighted by molar-refractivity contribution is 6.32. The lowest BCUT2D eigenvalue weighted by molar-refractivity contribution is 0.122. The first-order valence-electron chi connectivity index (χ1n) is 14.4. The van der Waals surface area contributed by atoms with Crippen LogP contribution in [0.3, 0.4) is 0 Å². The van der Waals surface area contributed by atoms with Crippen LogP contribution in [-0.4, -0.2) is 68.0 Å². The summed E-state index contributed by atoms with van der Waals surface area (Å²) in [5, 5.41) is 9.81. The number of hydrogen-bond acceptors (Lipinski definition) is 9. The molecule has 44 heavy (non-hydrogen) atoms. The molecular weight excluding hydrogens is 582 g/mol. The molecule has 1 aromatic heterocycles. The molecular formula is C32H34ClN7O4. The molecule has 228 valence electrons. The Labute approximate surface area is 261 Å². The molecule has 1 saturated heterocycles. The molecule has 12 heteroatoms. The van der Waals surface area contributed by atoms with Crippen molar-refractivity contribution in [2.75, 3.05) is 67.9 Å². The second-order valence-electron chi connectivity index (χ2n) is 10.4. The van der Waals surface area contributed by atoms with Gasteiger partial charge in [0.2, 0.25) is 5.95 Å². The number of anilines is 6. The minimum absolute atomic E-state index is 0.159. The van der Waals surface area contributed by atoms with E-state index in [4.69, 9.17) is 25.8 Å². The maximum atomic E-state index is 13.0. The number of halogens is 1. The zero-order chi connectivity index (χ0) is 30.5. The fraction of sp³-hybridized carbons (Fsp3) is 0.281. The van der Waals surface area contributed by atoms with Crippen molar-refractivity contribution in [3.05, 3.63) is 83.0 Å². The zero-order valence-corrected chi connectivity index (χ0v) is 25.4. The third-order valence-corrected chi connectivity index (χ3v) is 7.93. The smallest absolute Gasteiger partial charge is 0.322 e. The van der Waals surface area contributed by atoms with Crippen molar-refractivity contribution < 1.29 is 19.0 Å². The van der Waals surface area contributed by atoms with Crippen LogP contribution in [0.2, 0.25) is 5.02 Å². The van der Waals surface area contributed by atoms with Gasteiger partial charge in [-0.2, -0.15) is 4.98 Å². The van der Waals surface area contributed by atoms with E-state index in [0.29, 0.717) is 60.2 Å². The van der Waals surface area contributed by atoms with Crippen LogP contribution in [0.15, 0.2) is 66.9 Å². The summed E-state index contributed by atoms with van der Waals surface area (Å²) in [4.78, 5) is 26.0. The molecule has 0 spiro atoms. The van der Waals surface area contributed by atoms with Gasteiger partial charge >= 0.3 is 6.03 Å². The number of nitrogens with one attached hydrogen (secondary N) is 3. The van der Waals surface area contributed by atoms with E-state index >= 15 is 0 Å². The molecule has 3 aromatic carbocycles. The van der Waals surface area contributed by atoms with Crippen LogP contribution in [0.5, 0.6) is 11.5 Å². The number of nitrogens with zero attached hydrogens (tertiary/aromatic N) is 4. The van der Waals surface area contributed by atoms with Crippen LogP contribution in [0.4, 0.5) is 39.3 Å². The van der Waals surface area contributed by atoms with Crippen LogP contribution >= 0.6 is 11.6 Å². The molecule has 0 saturated carbocycles. The number of urea groups is 1. The first-order chi connectivity index (χ1) is 21.5. The number of fused-ring (bicyclic) bond motifs is 1. The molecule has 0 radical (unpaired) electrons. The summed E-state index contributed by atoms with van der Waals surface area (Å²) in [5.74, 6) is 2.00. The Morgan fingerprint density at radius 1 is 0.909 bits per heavy atom. The normalized spacial score (nSPS) is 14.4. The van der Waals surface area contributed by atoms with Crippen LogP contribution in [0.1, 0.15) is 11.1 Å². The second kappa shape index (κ2) is 13.3. The van der Waals surface area contributed by atoms with Crippen molar-refractivity contribution in [3.8, 4) is 11.5 Å². The summed E-state index contributed by atoms with van der Waals surface area (Å²) in [6, 6.07) is 19.3. The van der Waals surface area contributed by atoms with Crippen molar-refractivity contribution >= 4 is 52.1 Å². The molecule has 3 heterocycles. The quantitative estimate of drug-likeness (QED) is 0.218. The van der Waals surface area contributed by atoms with Crippen molar-refractivity contribution in [1.29, 1.82) is 0 Å². The Bertz CT molecular complexity index is 1650. The summed E-state index contributed by atoms with van der Waals surface area (Å²) >= 11 is 6.46. The standard InChI is InChI=1S/C32H34ClN7O4/c1-42-28-17-24(36-32(41)40-12-11-21-5-3-4-6-22(21)20-40)7-9-26(28)37-31-34-19-25(33)30(38-31)35-23-8-10-27(29(18-23)43-2)39-13-15-44-16-14-39/h3-10,17-19H,11-16,20H2,1-2H3,(H,36,41)(H2,34,35,37,38). The van der Waals surface area contributed by atoms with E-state index in [0.717, 1.165) is 36.6 Å². The van der Waals surface area contributed by atoms with E-state index in [1.54, 1.807) is 32.4 Å². The zero-order valence-electron chi connectivity index (χ0n) is 24.6. The van der Waals surface area contributed by atoms with Crippen LogP contribution in [0, 0.1) is 0 Å². The molecule has 0 atom stereocenters. The molecule has 0 aliphatic carbocycles. The second-order valence-corrected chi connectivity index (χ2v) is 10.8. The van der Waals surface area contributed by atoms with E-state index in [2.05, 4.69) is 43.0 Å². The molecule has 1 fully saturated rings. The minimum Gasteiger partial charge on any atom is -0.495 e. The Balaban J connectivity index is 1.13. The van der Waals surface area contributed by atoms with Crippen LogP contribution < -0.4 is 30.3 Å². The monoisotopic (exact) mass is 615 g/mol. The van der Waals surface area contributed by atoms with E-state index in [-0.39, 0.29) is 6.03 Å². The van der Waals surface area contributed by atoms with Gasteiger partial charge in [-0.25, -0.2) is 9.78 Å². The molecule has 11 nitrogen and oxygen atoms in total. The van der Waals surface area contributed by atoms with Crippen molar-refractivity contribution in [2.45, 2.75) is 13.0 Å². The largest absolute Gasteiger partial charge is 0.495 e. The lowest BCUT2D eigenvalue weighted by atomic mass is 10.0. The van der Waals surface area contributed by atoms with Crippen molar-refractivity contribution in [1.82, 2.24) is 14.9 Å². The summed E-state index contributed by atoms with van der Waals surface area (Å²) in [6.45, 7) is 4.22. The third-order valence-electron chi connectivity index (χ3n) is 7.66. The molecule has 2 aliphatic rings. The molecule has 4 aromatic rings. The van der Waals surface area contributed by atoms with E-state index in [1.807, 2.05) is 35.2 Å². The fourth-order valence-electron chi connectivity index (χ4n) is 5.34. The number of aromatic nitrogens is 2. The highest BCUT2D eigenvalue weighted by Gasteiger charge is 2.21. The number of methoxy groups -OCH3 is 2. The highest BCUT2D eigenvalue weighted by atomic mass is 35.5. The van der Waals surface area contributed by atoms with Crippen LogP contribution in [-0.2, 0) is 17.7 Å². The third kappa shape index (κ3) is 6.58. The van der Waals surface area contributed by atoms with Gasteiger partial charge in [-0.3, -0.25) is 0 Å². The van der Waals surface area contributed by atoms with Crippen LogP contribution in [0.25, 0.3) is 0 Å². The predicted molar refractivity (Wildman–Crippen MR) is 172 cm³/mol. The van der Waals surface area contributed by atoms with E-state index in [1.165, 1.54) is 17.3 Å². The van der Waals surface area contributed by atoms with Crippen molar-refractivity contribution in [3.63, 3.8) is 0 Å².